The largest absolute Gasteiger partial charge is 0.316 e. The zero-order chi connectivity index (χ0) is 11.9. The van der Waals surface area contributed by atoms with Gasteiger partial charge in [-0.05, 0) is 43.9 Å². The molecule has 0 aliphatic heterocycles. The lowest BCUT2D eigenvalue weighted by molar-refractivity contribution is 0.332. The third kappa shape index (κ3) is 3.81. The number of rotatable bonds is 4. The molecule has 17 heavy (non-hydrogen) atoms. The van der Waals surface area contributed by atoms with Crippen LogP contribution in [0, 0.1) is 5.92 Å². The van der Waals surface area contributed by atoms with Crippen LogP contribution in [-0.2, 0) is 6.42 Å². The smallest absolute Gasteiger partial charge is 0.0300 e. The molecule has 1 heterocycles. The first-order valence-corrected chi connectivity index (χ1v) is 6.96. The topological polar surface area (TPSA) is 24.9 Å². The van der Waals surface area contributed by atoms with Crippen molar-refractivity contribution >= 4 is 0 Å². The van der Waals surface area contributed by atoms with Crippen molar-refractivity contribution in [1.82, 2.24) is 10.3 Å². The zero-order valence-corrected chi connectivity index (χ0v) is 10.9. The maximum absolute atomic E-state index is 4.21. The SMILES string of the molecule is CNC(Cc1cccnc1)C1CCCCCC1. The summed E-state index contributed by atoms with van der Waals surface area (Å²) >= 11 is 0. The van der Waals surface area contributed by atoms with Gasteiger partial charge in [-0.3, -0.25) is 4.98 Å². The van der Waals surface area contributed by atoms with Crippen LogP contribution in [0.2, 0.25) is 0 Å². The van der Waals surface area contributed by atoms with Gasteiger partial charge in [0.1, 0.15) is 0 Å². The van der Waals surface area contributed by atoms with Gasteiger partial charge >= 0.3 is 0 Å². The van der Waals surface area contributed by atoms with E-state index in [-0.39, 0.29) is 0 Å². The van der Waals surface area contributed by atoms with E-state index in [2.05, 4.69) is 23.4 Å². The Labute approximate surface area is 105 Å². The first-order valence-electron chi connectivity index (χ1n) is 6.96. The Kier molecular flexibility index (Phi) is 4.99. The summed E-state index contributed by atoms with van der Waals surface area (Å²) in [7, 11) is 2.10. The molecular formula is C15H24N2. The molecule has 1 fully saturated rings. The Hall–Kier alpha value is -0.890. The number of hydrogen-bond acceptors (Lipinski definition) is 2. The molecule has 1 aromatic rings. The van der Waals surface area contributed by atoms with Gasteiger partial charge in [0.2, 0.25) is 0 Å². The number of likely N-dealkylation sites (N-methyl/N-ethyl adjacent to an activating group) is 1. The van der Waals surface area contributed by atoms with Crippen LogP contribution in [0.25, 0.3) is 0 Å². The Morgan fingerprint density at radius 3 is 2.65 bits per heavy atom. The average molecular weight is 232 g/mol. The summed E-state index contributed by atoms with van der Waals surface area (Å²) in [5.41, 5.74) is 1.36. The molecule has 1 unspecified atom stereocenters. The molecule has 0 bridgehead atoms. The van der Waals surface area contributed by atoms with E-state index in [4.69, 9.17) is 0 Å². The van der Waals surface area contributed by atoms with E-state index in [1.807, 2.05) is 18.5 Å². The van der Waals surface area contributed by atoms with Crippen LogP contribution in [0.1, 0.15) is 44.1 Å². The molecule has 94 valence electrons. The van der Waals surface area contributed by atoms with Gasteiger partial charge in [0.15, 0.2) is 0 Å². The monoisotopic (exact) mass is 232 g/mol. The van der Waals surface area contributed by atoms with E-state index in [1.165, 1.54) is 44.1 Å². The van der Waals surface area contributed by atoms with Crippen LogP contribution < -0.4 is 5.32 Å². The van der Waals surface area contributed by atoms with Crippen LogP contribution in [0.15, 0.2) is 24.5 Å². The number of hydrogen-bond donors (Lipinski definition) is 1. The van der Waals surface area contributed by atoms with Crippen molar-refractivity contribution in [3.63, 3.8) is 0 Å². The lowest BCUT2D eigenvalue weighted by atomic mass is 9.88. The van der Waals surface area contributed by atoms with Gasteiger partial charge in [0.05, 0.1) is 0 Å². The van der Waals surface area contributed by atoms with Crippen LogP contribution in [-0.4, -0.2) is 18.1 Å². The fourth-order valence-electron chi connectivity index (χ4n) is 2.99. The van der Waals surface area contributed by atoms with Gasteiger partial charge in [-0.25, -0.2) is 0 Å². The van der Waals surface area contributed by atoms with Crippen molar-refractivity contribution < 1.29 is 0 Å². The number of aromatic nitrogens is 1. The van der Waals surface area contributed by atoms with Crippen LogP contribution in [0.5, 0.6) is 0 Å². The second kappa shape index (κ2) is 6.75. The number of nitrogens with zero attached hydrogens (tertiary/aromatic N) is 1. The average Bonchev–Trinajstić information content (AvgIpc) is 2.66. The van der Waals surface area contributed by atoms with Gasteiger partial charge < -0.3 is 5.32 Å². The summed E-state index contributed by atoms with van der Waals surface area (Å²) in [6.45, 7) is 0. The van der Waals surface area contributed by atoms with E-state index < -0.39 is 0 Å². The highest BCUT2D eigenvalue weighted by Crippen LogP contribution is 2.26. The van der Waals surface area contributed by atoms with E-state index in [0.717, 1.165) is 12.3 Å². The molecule has 1 aliphatic rings. The molecule has 2 rings (SSSR count). The molecule has 0 aromatic carbocycles. The normalized spacial score (nSPS) is 19.8. The Bertz CT molecular complexity index is 302. The summed E-state index contributed by atoms with van der Waals surface area (Å²) in [5, 5.41) is 3.52. The molecule has 0 radical (unpaired) electrons. The summed E-state index contributed by atoms with van der Waals surface area (Å²) < 4.78 is 0. The highest BCUT2D eigenvalue weighted by molar-refractivity contribution is 5.10. The summed E-state index contributed by atoms with van der Waals surface area (Å²) in [6.07, 6.45) is 13.4. The lowest BCUT2D eigenvalue weighted by Crippen LogP contribution is -2.35. The van der Waals surface area contributed by atoms with E-state index in [1.54, 1.807) is 0 Å². The molecule has 1 aromatic heterocycles. The van der Waals surface area contributed by atoms with Crippen molar-refractivity contribution in [3.05, 3.63) is 30.1 Å². The minimum absolute atomic E-state index is 0.622. The molecule has 2 nitrogen and oxygen atoms in total. The van der Waals surface area contributed by atoms with Gasteiger partial charge in [-0.2, -0.15) is 0 Å². The molecule has 0 amide bonds. The molecule has 1 aliphatic carbocycles. The highest BCUT2D eigenvalue weighted by atomic mass is 14.9. The van der Waals surface area contributed by atoms with Gasteiger partial charge in [-0.1, -0.05) is 31.7 Å². The molecule has 1 saturated carbocycles. The second-order valence-electron chi connectivity index (χ2n) is 5.21. The summed E-state index contributed by atoms with van der Waals surface area (Å²) in [6, 6.07) is 4.85. The van der Waals surface area contributed by atoms with E-state index >= 15 is 0 Å². The van der Waals surface area contributed by atoms with Crippen molar-refractivity contribution in [2.45, 2.75) is 51.0 Å². The third-order valence-electron chi connectivity index (χ3n) is 4.02. The maximum Gasteiger partial charge on any atom is 0.0300 e. The Balaban J connectivity index is 1.95. The quantitative estimate of drug-likeness (QED) is 0.806. The summed E-state index contributed by atoms with van der Waals surface area (Å²) in [5.74, 6) is 0.850. The second-order valence-corrected chi connectivity index (χ2v) is 5.21. The molecule has 0 spiro atoms. The zero-order valence-electron chi connectivity index (χ0n) is 10.9. The predicted molar refractivity (Wildman–Crippen MR) is 72.0 cm³/mol. The first-order chi connectivity index (χ1) is 8.40. The fourth-order valence-corrected chi connectivity index (χ4v) is 2.99. The standard InChI is InChI=1S/C15H24N2/c1-16-15(11-13-7-6-10-17-12-13)14-8-4-2-3-5-9-14/h6-7,10,12,14-16H,2-5,8-9,11H2,1H3. The Morgan fingerprint density at radius 1 is 1.29 bits per heavy atom. The first kappa shape index (κ1) is 12.6. The van der Waals surface area contributed by atoms with Crippen LogP contribution in [0.4, 0.5) is 0 Å². The minimum atomic E-state index is 0.622. The molecule has 0 saturated heterocycles. The summed E-state index contributed by atoms with van der Waals surface area (Å²) in [4.78, 5) is 4.21. The van der Waals surface area contributed by atoms with Gasteiger partial charge in [0, 0.05) is 18.4 Å². The van der Waals surface area contributed by atoms with Gasteiger partial charge in [-0.15, -0.1) is 0 Å². The van der Waals surface area contributed by atoms with Crippen molar-refractivity contribution in [2.24, 2.45) is 5.92 Å². The Morgan fingerprint density at radius 2 is 2.06 bits per heavy atom. The number of nitrogens with one attached hydrogen (secondary N) is 1. The predicted octanol–water partition coefficient (Wildman–Crippen LogP) is 3.18. The van der Waals surface area contributed by atoms with Crippen LogP contribution >= 0.6 is 0 Å². The highest BCUT2D eigenvalue weighted by Gasteiger charge is 2.21. The maximum atomic E-state index is 4.21. The third-order valence-corrected chi connectivity index (χ3v) is 4.02. The minimum Gasteiger partial charge on any atom is -0.316 e. The van der Waals surface area contributed by atoms with E-state index in [9.17, 15) is 0 Å². The number of pyridine rings is 1. The molecule has 2 heteroatoms. The van der Waals surface area contributed by atoms with Crippen molar-refractivity contribution in [1.29, 1.82) is 0 Å². The van der Waals surface area contributed by atoms with Crippen molar-refractivity contribution in [2.75, 3.05) is 7.05 Å². The molecule has 1 atom stereocenters. The van der Waals surface area contributed by atoms with Crippen LogP contribution in [0.3, 0.4) is 0 Å². The van der Waals surface area contributed by atoms with Gasteiger partial charge in [0.25, 0.3) is 0 Å². The molecule has 1 N–H and O–H groups in total. The molecular weight excluding hydrogens is 208 g/mol. The fraction of sp³-hybridized carbons (Fsp3) is 0.667. The van der Waals surface area contributed by atoms with Crippen molar-refractivity contribution in [3.8, 4) is 0 Å². The van der Waals surface area contributed by atoms with E-state index in [0.29, 0.717) is 6.04 Å². The lowest BCUT2D eigenvalue weighted by Gasteiger charge is -2.25.